The number of amides is 2. The molecule has 1 saturated heterocycles. The van der Waals surface area contributed by atoms with E-state index < -0.39 is 19.1 Å². The molecule has 4 heterocycles. The number of carbonyl (C=O) groups excluding carboxylic acids is 1. The van der Waals surface area contributed by atoms with E-state index in [2.05, 4.69) is 5.32 Å². The molecule has 0 saturated carbocycles. The highest BCUT2D eigenvalue weighted by Crippen LogP contribution is 2.31. The number of carboxylic acid groups (broad SMARTS) is 1. The van der Waals surface area contributed by atoms with Crippen molar-refractivity contribution in [2.75, 3.05) is 13.1 Å². The van der Waals surface area contributed by atoms with Crippen LogP contribution in [0, 0.1) is 6.92 Å². The fourth-order valence-electron chi connectivity index (χ4n) is 4.92. The number of nitrogens with zero attached hydrogens (tertiary/aromatic N) is 4. The molecule has 10 heteroatoms. The van der Waals surface area contributed by atoms with Gasteiger partial charge in [0, 0.05) is 47.5 Å². The highest BCUT2D eigenvalue weighted by molar-refractivity contribution is 5.95. The van der Waals surface area contributed by atoms with Gasteiger partial charge in [0.25, 0.3) is 12.3 Å². The van der Waals surface area contributed by atoms with Crippen molar-refractivity contribution in [1.82, 2.24) is 24.2 Å². The summed E-state index contributed by atoms with van der Waals surface area (Å²) in [6.07, 6.45) is -0.471. The van der Waals surface area contributed by atoms with E-state index >= 15 is 0 Å². The zero-order valence-corrected chi connectivity index (χ0v) is 19.1. The second-order valence-electron chi connectivity index (χ2n) is 8.82. The Morgan fingerprint density at radius 3 is 2.80 bits per heavy atom. The summed E-state index contributed by atoms with van der Waals surface area (Å²) in [5.41, 5.74) is 3.65. The van der Waals surface area contributed by atoms with Crippen molar-refractivity contribution in [3.63, 3.8) is 0 Å². The molecular weight excluding hydrogens is 456 g/mol. The van der Waals surface area contributed by atoms with Crippen LogP contribution in [0.2, 0.25) is 0 Å². The molecule has 0 spiro atoms. The summed E-state index contributed by atoms with van der Waals surface area (Å²) in [7, 11) is 0. The van der Waals surface area contributed by atoms with Gasteiger partial charge >= 0.3 is 6.09 Å². The Kier molecular flexibility index (Phi) is 5.88. The van der Waals surface area contributed by atoms with Crippen molar-refractivity contribution in [2.24, 2.45) is 0 Å². The maximum atomic E-state index is 13.4. The van der Waals surface area contributed by atoms with Crippen molar-refractivity contribution in [2.45, 2.75) is 38.8 Å². The third-order valence-corrected chi connectivity index (χ3v) is 6.52. The lowest BCUT2D eigenvalue weighted by Crippen LogP contribution is -2.49. The third kappa shape index (κ3) is 4.31. The van der Waals surface area contributed by atoms with E-state index in [0.29, 0.717) is 54.0 Å². The van der Waals surface area contributed by atoms with Gasteiger partial charge in [0.2, 0.25) is 0 Å². The lowest BCUT2D eigenvalue weighted by molar-refractivity contribution is 0.0692. The molecule has 2 N–H and O–H groups in total. The third-order valence-electron chi connectivity index (χ3n) is 6.52. The number of hydrogen-bond acceptors (Lipinski definition) is 3. The standard InChI is InChI=1S/C25H25F2N5O3/c1-15-23(20-11-16-5-2-3-7-19(16)32(20)14-21(26)27)29-22-12-17(8-10-31(15)22)24(33)30-9-4-6-18(13-30)28-25(34)35/h2-3,5,7-8,10-12,18,21,28H,4,6,9,13-14H2,1H3,(H,34,35). The van der Waals surface area contributed by atoms with E-state index in [9.17, 15) is 18.4 Å². The molecule has 0 radical (unpaired) electrons. The fraction of sp³-hybridized carbons (Fsp3) is 0.320. The zero-order chi connectivity index (χ0) is 24.7. The van der Waals surface area contributed by atoms with Crippen molar-refractivity contribution >= 4 is 28.6 Å². The zero-order valence-electron chi connectivity index (χ0n) is 19.1. The van der Waals surface area contributed by atoms with Crippen LogP contribution >= 0.6 is 0 Å². The molecule has 4 aromatic rings. The highest BCUT2D eigenvalue weighted by Gasteiger charge is 2.26. The van der Waals surface area contributed by atoms with E-state index in [4.69, 9.17) is 10.1 Å². The van der Waals surface area contributed by atoms with Crippen molar-refractivity contribution < 1.29 is 23.5 Å². The summed E-state index contributed by atoms with van der Waals surface area (Å²) in [4.78, 5) is 30.5. The van der Waals surface area contributed by atoms with Crippen molar-refractivity contribution in [1.29, 1.82) is 0 Å². The van der Waals surface area contributed by atoms with E-state index in [1.54, 1.807) is 27.8 Å². The first-order valence-electron chi connectivity index (χ1n) is 11.5. The number of aromatic nitrogens is 3. The average molecular weight is 482 g/mol. The first kappa shape index (κ1) is 22.8. The molecule has 2 amide bonds. The van der Waals surface area contributed by atoms with Gasteiger partial charge < -0.3 is 24.3 Å². The molecule has 1 atom stereocenters. The molecular formula is C25H25F2N5O3. The largest absolute Gasteiger partial charge is 0.465 e. The monoisotopic (exact) mass is 481 g/mol. The first-order chi connectivity index (χ1) is 16.8. The number of alkyl halides is 2. The predicted molar refractivity (Wildman–Crippen MR) is 127 cm³/mol. The Morgan fingerprint density at radius 2 is 2.03 bits per heavy atom. The fourth-order valence-corrected chi connectivity index (χ4v) is 4.92. The summed E-state index contributed by atoms with van der Waals surface area (Å²) < 4.78 is 30.3. The second kappa shape index (κ2) is 9.01. The first-order valence-corrected chi connectivity index (χ1v) is 11.5. The summed E-state index contributed by atoms with van der Waals surface area (Å²) in [5, 5.41) is 12.3. The number of pyridine rings is 1. The van der Waals surface area contributed by atoms with E-state index in [0.717, 1.165) is 11.1 Å². The van der Waals surface area contributed by atoms with Gasteiger partial charge in [-0.25, -0.2) is 18.6 Å². The number of rotatable bonds is 5. The normalized spacial score (nSPS) is 16.3. The molecule has 0 aliphatic carbocycles. The quantitative estimate of drug-likeness (QED) is 0.442. The van der Waals surface area contributed by atoms with Gasteiger partial charge in [-0.2, -0.15) is 0 Å². The van der Waals surface area contributed by atoms with Crippen LogP contribution in [0.5, 0.6) is 0 Å². The van der Waals surface area contributed by atoms with Crippen LogP contribution in [-0.2, 0) is 6.54 Å². The van der Waals surface area contributed by atoms with E-state index in [-0.39, 0.29) is 11.9 Å². The number of benzene rings is 1. The molecule has 3 aromatic heterocycles. The minimum Gasteiger partial charge on any atom is -0.465 e. The molecule has 1 aromatic carbocycles. The maximum absolute atomic E-state index is 13.4. The number of hydrogen-bond donors (Lipinski definition) is 2. The average Bonchev–Trinajstić information content (AvgIpc) is 3.35. The minimum absolute atomic E-state index is 0.196. The van der Waals surface area contributed by atoms with E-state index in [1.165, 1.54) is 0 Å². The van der Waals surface area contributed by atoms with Gasteiger partial charge in [0.15, 0.2) is 0 Å². The van der Waals surface area contributed by atoms with Gasteiger partial charge in [-0.15, -0.1) is 0 Å². The van der Waals surface area contributed by atoms with Crippen LogP contribution in [0.3, 0.4) is 0 Å². The Hall–Kier alpha value is -3.95. The minimum atomic E-state index is -2.52. The second-order valence-corrected chi connectivity index (χ2v) is 8.82. The lowest BCUT2D eigenvalue weighted by Gasteiger charge is -2.32. The van der Waals surface area contributed by atoms with Crippen LogP contribution in [-0.4, -0.2) is 61.5 Å². The molecule has 8 nitrogen and oxygen atoms in total. The van der Waals surface area contributed by atoms with Gasteiger partial charge in [-0.1, -0.05) is 18.2 Å². The van der Waals surface area contributed by atoms with Gasteiger partial charge in [0.1, 0.15) is 11.3 Å². The number of carbonyl (C=O) groups is 2. The number of piperidine rings is 1. The molecule has 1 aliphatic heterocycles. The molecule has 1 fully saturated rings. The highest BCUT2D eigenvalue weighted by atomic mass is 19.3. The van der Waals surface area contributed by atoms with Crippen molar-refractivity contribution in [3.05, 3.63) is 59.9 Å². The van der Waals surface area contributed by atoms with Crippen LogP contribution in [0.15, 0.2) is 48.7 Å². The van der Waals surface area contributed by atoms with Crippen LogP contribution in [0.4, 0.5) is 13.6 Å². The molecule has 182 valence electrons. The Labute approximate surface area is 199 Å². The number of fused-ring (bicyclic) bond motifs is 2. The topological polar surface area (TPSA) is 91.9 Å². The molecule has 0 bridgehead atoms. The van der Waals surface area contributed by atoms with Crippen LogP contribution in [0.1, 0.15) is 28.9 Å². The number of nitrogens with one attached hydrogen (secondary N) is 1. The number of aryl methyl sites for hydroxylation is 1. The van der Waals surface area contributed by atoms with Gasteiger partial charge in [-0.3, -0.25) is 4.79 Å². The number of halogens is 2. The lowest BCUT2D eigenvalue weighted by atomic mass is 10.0. The van der Waals surface area contributed by atoms with Gasteiger partial charge in [0.05, 0.1) is 12.2 Å². The number of likely N-dealkylation sites (tertiary alicyclic amines) is 1. The molecule has 35 heavy (non-hydrogen) atoms. The Morgan fingerprint density at radius 1 is 1.23 bits per heavy atom. The molecule has 5 rings (SSSR count). The smallest absolute Gasteiger partial charge is 0.404 e. The molecule has 1 unspecified atom stereocenters. The summed E-state index contributed by atoms with van der Waals surface area (Å²) in [6, 6.07) is 12.3. The Bertz CT molecular complexity index is 1430. The van der Waals surface area contributed by atoms with Crippen LogP contribution < -0.4 is 5.32 Å². The summed E-state index contributed by atoms with van der Waals surface area (Å²) >= 11 is 0. The molecule has 1 aliphatic rings. The SMILES string of the molecule is Cc1c(-c2cc3ccccc3n2CC(F)F)nc2cc(C(=O)N3CCCC(NC(=O)O)C3)ccn12. The summed E-state index contributed by atoms with van der Waals surface area (Å²) in [5.74, 6) is -0.196. The van der Waals surface area contributed by atoms with E-state index in [1.807, 2.05) is 41.7 Å². The number of para-hydroxylation sites is 1. The van der Waals surface area contributed by atoms with Crippen molar-refractivity contribution in [3.8, 4) is 11.4 Å². The van der Waals surface area contributed by atoms with Gasteiger partial charge in [-0.05, 0) is 44.0 Å². The maximum Gasteiger partial charge on any atom is 0.404 e. The predicted octanol–water partition coefficient (Wildman–Crippen LogP) is 4.40. The Balaban J connectivity index is 1.50. The van der Waals surface area contributed by atoms with Crippen LogP contribution in [0.25, 0.3) is 27.9 Å². The number of imidazole rings is 1. The summed E-state index contributed by atoms with van der Waals surface area (Å²) in [6.45, 7) is 2.28.